The number of hydrogen-bond acceptors (Lipinski definition) is 5. The molecule has 5 heteroatoms. The van der Waals surface area contributed by atoms with Crippen LogP contribution < -0.4 is 10.6 Å². The highest BCUT2D eigenvalue weighted by molar-refractivity contribution is 5.44. The molecule has 0 radical (unpaired) electrons. The van der Waals surface area contributed by atoms with Crippen molar-refractivity contribution in [2.45, 2.75) is 37.8 Å². The highest BCUT2D eigenvalue weighted by Gasteiger charge is 2.31. The van der Waals surface area contributed by atoms with Gasteiger partial charge in [-0.1, -0.05) is 6.92 Å². The van der Waals surface area contributed by atoms with Crippen LogP contribution in [0.1, 0.15) is 37.9 Å². The highest BCUT2D eigenvalue weighted by Crippen LogP contribution is 2.24. The van der Waals surface area contributed by atoms with Gasteiger partial charge in [-0.05, 0) is 18.6 Å². The Kier molecular flexibility index (Phi) is 4.96. The van der Waals surface area contributed by atoms with Gasteiger partial charge in [0.05, 0.1) is 23.2 Å². The number of hydrogen-bond donors (Lipinski definition) is 2. The molecule has 0 unspecified atom stereocenters. The molecule has 1 aliphatic heterocycles. The predicted octanol–water partition coefficient (Wildman–Crippen LogP) is 1.47. The first kappa shape index (κ1) is 15.2. The van der Waals surface area contributed by atoms with E-state index in [1.807, 2.05) is 37.2 Å². The van der Waals surface area contributed by atoms with E-state index in [1.165, 1.54) is 0 Å². The van der Waals surface area contributed by atoms with E-state index in [2.05, 4.69) is 4.98 Å². The summed E-state index contributed by atoms with van der Waals surface area (Å²) in [6.45, 7) is 3.91. The topological polar surface area (TPSA) is 71.6 Å². The zero-order valence-electron chi connectivity index (χ0n) is 12.4. The largest absolute Gasteiger partial charge is 0.388 e. The third-order valence-corrected chi connectivity index (χ3v) is 3.99. The fourth-order valence-corrected chi connectivity index (χ4v) is 2.49. The van der Waals surface area contributed by atoms with E-state index in [4.69, 9.17) is 10.5 Å². The van der Waals surface area contributed by atoms with Crippen LogP contribution in [0.4, 0.5) is 5.69 Å². The van der Waals surface area contributed by atoms with Crippen LogP contribution in [0.15, 0.2) is 18.3 Å². The minimum absolute atomic E-state index is 0.00552. The van der Waals surface area contributed by atoms with Crippen molar-refractivity contribution in [1.29, 1.82) is 0 Å². The minimum Gasteiger partial charge on any atom is -0.388 e. The summed E-state index contributed by atoms with van der Waals surface area (Å²) in [4.78, 5) is 6.45. The van der Waals surface area contributed by atoms with Crippen molar-refractivity contribution >= 4 is 5.69 Å². The van der Waals surface area contributed by atoms with Crippen molar-refractivity contribution in [1.82, 2.24) is 4.98 Å². The lowest BCUT2D eigenvalue weighted by atomic mass is 9.94. The zero-order valence-corrected chi connectivity index (χ0v) is 12.4. The van der Waals surface area contributed by atoms with E-state index >= 15 is 0 Å². The molecule has 0 aromatic carbocycles. The second-order valence-corrected chi connectivity index (χ2v) is 5.65. The molecule has 0 aliphatic carbocycles. The highest BCUT2D eigenvalue weighted by atomic mass is 16.5. The molecular weight excluding hydrogens is 254 g/mol. The van der Waals surface area contributed by atoms with Crippen LogP contribution in [0.5, 0.6) is 0 Å². The molecule has 1 atom stereocenters. The number of aliphatic hydroxyl groups is 1. The first-order valence-corrected chi connectivity index (χ1v) is 7.27. The number of aromatic nitrogens is 1. The van der Waals surface area contributed by atoms with Gasteiger partial charge in [-0.3, -0.25) is 4.98 Å². The summed E-state index contributed by atoms with van der Waals surface area (Å²) in [6.07, 6.45) is 4.07. The molecule has 0 bridgehead atoms. The van der Waals surface area contributed by atoms with Gasteiger partial charge in [-0.15, -0.1) is 0 Å². The quantitative estimate of drug-likeness (QED) is 0.854. The molecule has 3 N–H and O–H groups in total. The van der Waals surface area contributed by atoms with Crippen LogP contribution in [0.2, 0.25) is 0 Å². The molecule has 0 amide bonds. The maximum Gasteiger partial charge on any atom is 0.0865 e. The van der Waals surface area contributed by atoms with Crippen molar-refractivity contribution in [3.05, 3.63) is 24.0 Å². The first-order chi connectivity index (χ1) is 9.54. The van der Waals surface area contributed by atoms with E-state index in [1.54, 1.807) is 0 Å². The number of nitrogens with zero attached hydrogens (tertiary/aromatic N) is 2. The SMILES string of the molecule is CC[C@@H](N)c1ccc(N(C)CC2(O)CCOCC2)cn1. The van der Waals surface area contributed by atoms with E-state index in [-0.39, 0.29) is 6.04 Å². The normalized spacial score (nSPS) is 19.6. The third-order valence-electron chi connectivity index (χ3n) is 3.99. The van der Waals surface area contributed by atoms with Gasteiger partial charge in [0, 0.05) is 45.7 Å². The summed E-state index contributed by atoms with van der Waals surface area (Å²) >= 11 is 0. The Hall–Kier alpha value is -1.17. The molecule has 1 aromatic rings. The number of pyridine rings is 1. The standard InChI is InChI=1S/C15H25N3O2/c1-3-13(16)14-5-4-12(10-17-14)18(2)11-15(19)6-8-20-9-7-15/h4-5,10,13,19H,3,6-9,11,16H2,1-2H3/t13-/m1/s1. The van der Waals surface area contributed by atoms with Crippen molar-refractivity contribution in [2.24, 2.45) is 5.73 Å². The molecule has 2 heterocycles. The smallest absolute Gasteiger partial charge is 0.0865 e. The summed E-state index contributed by atoms with van der Waals surface area (Å²) in [5, 5.41) is 10.5. The molecule has 1 fully saturated rings. The maximum atomic E-state index is 10.5. The Morgan fingerprint density at radius 3 is 2.70 bits per heavy atom. The number of nitrogens with two attached hydrogens (primary N) is 1. The lowest BCUT2D eigenvalue weighted by Crippen LogP contribution is -2.45. The molecule has 20 heavy (non-hydrogen) atoms. The molecule has 0 spiro atoms. The van der Waals surface area contributed by atoms with Crippen LogP contribution in [-0.4, -0.2) is 42.5 Å². The van der Waals surface area contributed by atoms with E-state index in [0.717, 1.165) is 17.8 Å². The molecule has 1 aromatic heterocycles. The van der Waals surface area contributed by atoms with Gasteiger partial charge in [0.2, 0.25) is 0 Å². The lowest BCUT2D eigenvalue weighted by molar-refractivity contribution is -0.0572. The predicted molar refractivity (Wildman–Crippen MR) is 79.7 cm³/mol. The average Bonchev–Trinajstić information content (AvgIpc) is 2.47. The maximum absolute atomic E-state index is 10.5. The van der Waals surface area contributed by atoms with Crippen molar-refractivity contribution in [3.63, 3.8) is 0 Å². The monoisotopic (exact) mass is 279 g/mol. The molecule has 1 aliphatic rings. The summed E-state index contributed by atoms with van der Waals surface area (Å²) in [5.74, 6) is 0. The molecular formula is C15H25N3O2. The summed E-state index contributed by atoms with van der Waals surface area (Å²) in [7, 11) is 1.98. The van der Waals surface area contributed by atoms with Crippen LogP contribution in [0.3, 0.4) is 0 Å². The molecule has 0 saturated carbocycles. The lowest BCUT2D eigenvalue weighted by Gasteiger charge is -2.36. The second kappa shape index (κ2) is 6.52. The number of ether oxygens (including phenoxy) is 1. The van der Waals surface area contributed by atoms with E-state index in [9.17, 15) is 5.11 Å². The fraction of sp³-hybridized carbons (Fsp3) is 0.667. The Morgan fingerprint density at radius 1 is 1.45 bits per heavy atom. The fourth-order valence-electron chi connectivity index (χ4n) is 2.49. The average molecular weight is 279 g/mol. The zero-order chi connectivity index (χ0) is 14.6. The van der Waals surface area contributed by atoms with Crippen LogP contribution in [0, 0.1) is 0 Å². The first-order valence-electron chi connectivity index (χ1n) is 7.27. The van der Waals surface area contributed by atoms with Crippen molar-refractivity contribution in [2.75, 3.05) is 31.7 Å². The molecule has 1 saturated heterocycles. The summed E-state index contributed by atoms with van der Waals surface area (Å²) in [6, 6.07) is 3.98. The van der Waals surface area contributed by atoms with Gasteiger partial charge in [0.1, 0.15) is 0 Å². The molecule has 2 rings (SSSR count). The second-order valence-electron chi connectivity index (χ2n) is 5.65. The Morgan fingerprint density at radius 2 is 2.15 bits per heavy atom. The van der Waals surface area contributed by atoms with Crippen LogP contribution >= 0.6 is 0 Å². The van der Waals surface area contributed by atoms with Crippen molar-refractivity contribution < 1.29 is 9.84 Å². The van der Waals surface area contributed by atoms with Gasteiger partial charge >= 0.3 is 0 Å². The number of anilines is 1. The minimum atomic E-state index is -0.661. The van der Waals surface area contributed by atoms with Gasteiger partial charge in [0.15, 0.2) is 0 Å². The molecule has 112 valence electrons. The van der Waals surface area contributed by atoms with E-state index < -0.39 is 5.60 Å². The summed E-state index contributed by atoms with van der Waals surface area (Å²) in [5.41, 5.74) is 7.21. The number of likely N-dealkylation sites (N-methyl/N-ethyl adjacent to an activating group) is 1. The third kappa shape index (κ3) is 3.69. The summed E-state index contributed by atoms with van der Waals surface area (Å²) < 4.78 is 5.30. The van der Waals surface area contributed by atoms with E-state index in [0.29, 0.717) is 32.6 Å². The van der Waals surface area contributed by atoms with Gasteiger partial charge in [-0.2, -0.15) is 0 Å². The van der Waals surface area contributed by atoms with Crippen LogP contribution in [-0.2, 0) is 4.74 Å². The van der Waals surface area contributed by atoms with Gasteiger partial charge in [0.25, 0.3) is 0 Å². The Bertz CT molecular complexity index is 416. The molecule has 5 nitrogen and oxygen atoms in total. The Balaban J connectivity index is 2.00. The van der Waals surface area contributed by atoms with Crippen LogP contribution in [0.25, 0.3) is 0 Å². The van der Waals surface area contributed by atoms with Gasteiger partial charge in [-0.25, -0.2) is 0 Å². The van der Waals surface area contributed by atoms with Gasteiger partial charge < -0.3 is 20.5 Å². The van der Waals surface area contributed by atoms with Crippen molar-refractivity contribution in [3.8, 4) is 0 Å². The number of rotatable bonds is 5. The Labute approximate surface area is 120 Å².